The van der Waals surface area contributed by atoms with Crippen molar-refractivity contribution in [2.75, 3.05) is 18.8 Å². The highest BCUT2D eigenvalue weighted by atomic mass is 32.2. The van der Waals surface area contributed by atoms with Crippen LogP contribution in [0.4, 0.5) is 0 Å². The zero-order valence-corrected chi connectivity index (χ0v) is 26.9. The molecular weight excluding hydrogens is 628 g/mol. The summed E-state index contributed by atoms with van der Waals surface area (Å²) in [6, 6.07) is 9.73. The molecule has 3 aromatic rings. The number of benzene rings is 2. The van der Waals surface area contributed by atoms with Gasteiger partial charge in [-0.1, -0.05) is 38.1 Å². The fourth-order valence-electron chi connectivity index (χ4n) is 4.54. The maximum absolute atomic E-state index is 13.2. The number of hydrogen-bond acceptors (Lipinski definition) is 10. The van der Waals surface area contributed by atoms with Crippen molar-refractivity contribution < 1.29 is 39.3 Å². The van der Waals surface area contributed by atoms with E-state index in [9.17, 15) is 39.3 Å². The number of phenols is 2. The molecule has 0 aliphatic rings. The first-order valence-corrected chi connectivity index (χ1v) is 16.0. The lowest BCUT2D eigenvalue weighted by molar-refractivity contribution is -0.142. The zero-order valence-electron chi connectivity index (χ0n) is 26.1. The molecule has 15 heteroatoms. The van der Waals surface area contributed by atoms with Gasteiger partial charge in [-0.3, -0.25) is 24.2 Å². The first kappa shape index (κ1) is 36.6. The molecule has 4 amide bonds. The van der Waals surface area contributed by atoms with Crippen LogP contribution in [-0.4, -0.2) is 86.9 Å². The summed E-state index contributed by atoms with van der Waals surface area (Å²) in [4.78, 5) is 66.6. The molecule has 3 atom stereocenters. The molecule has 252 valence electrons. The van der Waals surface area contributed by atoms with Gasteiger partial charge in [0, 0.05) is 23.1 Å². The molecule has 0 fully saturated rings. The largest absolute Gasteiger partial charge is 0.508 e. The number of phenolic OH excluding ortho intramolecular Hbond substituents is 2. The molecule has 0 aliphatic carbocycles. The van der Waals surface area contributed by atoms with E-state index >= 15 is 0 Å². The highest BCUT2D eigenvalue weighted by molar-refractivity contribution is 7.98. The molecule has 47 heavy (non-hydrogen) atoms. The Hall–Kier alpha value is -4.89. The van der Waals surface area contributed by atoms with Crippen molar-refractivity contribution >= 4 is 52.3 Å². The smallest absolute Gasteiger partial charge is 0.326 e. The molecule has 14 nitrogen and oxygen atoms in total. The SMILES string of the molecule is CC(C)C[C@H](NC(=O)[C@H](CSCc1ccc(O)c2ncccc12)NC(=O)CNC(=O)CNC(=O)[C@@H](N)Cc1ccc(O)cc1)C(=O)O. The summed E-state index contributed by atoms with van der Waals surface area (Å²) in [6.07, 6.45) is 1.92. The van der Waals surface area contributed by atoms with Gasteiger partial charge < -0.3 is 42.3 Å². The summed E-state index contributed by atoms with van der Waals surface area (Å²) in [5.41, 5.74) is 7.89. The average Bonchev–Trinajstić information content (AvgIpc) is 3.03. The average molecular weight is 669 g/mol. The minimum absolute atomic E-state index is 0.0201. The van der Waals surface area contributed by atoms with E-state index in [2.05, 4.69) is 26.3 Å². The van der Waals surface area contributed by atoms with Gasteiger partial charge in [0.05, 0.1) is 19.1 Å². The molecule has 0 saturated carbocycles. The quantitative estimate of drug-likeness (QED) is 0.100. The summed E-state index contributed by atoms with van der Waals surface area (Å²) < 4.78 is 0. The van der Waals surface area contributed by atoms with Crippen LogP contribution in [0, 0.1) is 5.92 Å². The molecule has 0 aliphatic heterocycles. The van der Waals surface area contributed by atoms with Crippen molar-refractivity contribution in [3.63, 3.8) is 0 Å². The van der Waals surface area contributed by atoms with Crippen LogP contribution in [0.25, 0.3) is 10.9 Å². The number of hydrogen-bond donors (Lipinski definition) is 8. The van der Waals surface area contributed by atoms with Gasteiger partial charge in [0.15, 0.2) is 0 Å². The lowest BCUT2D eigenvalue weighted by Crippen LogP contribution is -2.54. The second-order valence-corrected chi connectivity index (χ2v) is 12.3. The molecule has 2 aromatic carbocycles. The van der Waals surface area contributed by atoms with Gasteiger partial charge in [0.2, 0.25) is 23.6 Å². The van der Waals surface area contributed by atoms with E-state index in [0.717, 1.165) is 16.5 Å². The number of nitrogens with one attached hydrogen (secondary N) is 4. The molecule has 0 bridgehead atoms. The topological polar surface area (TPSA) is 233 Å². The molecule has 0 spiro atoms. The number of rotatable bonds is 17. The molecule has 3 rings (SSSR count). The normalized spacial score (nSPS) is 12.9. The number of aromatic nitrogens is 1. The molecule has 0 saturated heterocycles. The Balaban J connectivity index is 1.56. The van der Waals surface area contributed by atoms with Crippen molar-refractivity contribution in [2.45, 2.75) is 50.6 Å². The summed E-state index contributed by atoms with van der Waals surface area (Å²) >= 11 is 1.30. The predicted molar refractivity (Wildman–Crippen MR) is 176 cm³/mol. The molecule has 9 N–H and O–H groups in total. The van der Waals surface area contributed by atoms with Crippen LogP contribution < -0.4 is 27.0 Å². The van der Waals surface area contributed by atoms with E-state index in [1.807, 2.05) is 19.9 Å². The number of aromatic hydroxyl groups is 2. The Morgan fingerprint density at radius 3 is 2.26 bits per heavy atom. The number of fused-ring (bicyclic) bond motifs is 1. The van der Waals surface area contributed by atoms with E-state index in [1.165, 1.54) is 30.0 Å². The van der Waals surface area contributed by atoms with E-state index in [4.69, 9.17) is 5.73 Å². The number of thioether (sulfide) groups is 1. The van der Waals surface area contributed by atoms with Crippen LogP contribution in [-0.2, 0) is 36.1 Å². The lowest BCUT2D eigenvalue weighted by Gasteiger charge is -2.22. The number of carbonyl (C=O) groups is 5. The van der Waals surface area contributed by atoms with Crippen molar-refractivity contribution in [1.29, 1.82) is 0 Å². The van der Waals surface area contributed by atoms with E-state index in [0.29, 0.717) is 11.3 Å². The second-order valence-electron chi connectivity index (χ2n) is 11.3. The standard InChI is InChI=1S/C32H40N6O8S/c1-18(2)12-24(32(45)46)38-31(44)25(17-47-16-20-7-10-26(40)29-22(20)4-3-11-34-29)37-28(42)15-35-27(41)14-36-30(43)23(33)13-19-5-8-21(39)9-6-19/h3-11,18,23-25,39-40H,12-17,33H2,1-2H3,(H,35,41)(H,36,43)(H,37,42)(H,38,44)(H,45,46)/t23-,24-,25-/m0/s1. The Bertz CT molecular complexity index is 1570. The Labute approximate surface area is 275 Å². The Morgan fingerprint density at radius 2 is 1.57 bits per heavy atom. The summed E-state index contributed by atoms with van der Waals surface area (Å²) in [5, 5.41) is 39.7. The van der Waals surface area contributed by atoms with Crippen LogP contribution in [0.1, 0.15) is 31.4 Å². The van der Waals surface area contributed by atoms with Crippen molar-refractivity contribution in [3.05, 3.63) is 65.9 Å². The number of amides is 4. The summed E-state index contributed by atoms with van der Waals surface area (Å²) in [7, 11) is 0. The van der Waals surface area contributed by atoms with Crippen LogP contribution >= 0.6 is 11.8 Å². The van der Waals surface area contributed by atoms with Crippen LogP contribution in [0.5, 0.6) is 11.5 Å². The van der Waals surface area contributed by atoms with Gasteiger partial charge in [0.1, 0.15) is 29.1 Å². The van der Waals surface area contributed by atoms with Gasteiger partial charge in [0.25, 0.3) is 0 Å². The second kappa shape index (κ2) is 17.7. The number of pyridine rings is 1. The molecule has 0 radical (unpaired) electrons. The minimum Gasteiger partial charge on any atom is -0.508 e. The number of carbonyl (C=O) groups excluding carboxylic acids is 4. The van der Waals surface area contributed by atoms with E-state index in [-0.39, 0.29) is 36.0 Å². The van der Waals surface area contributed by atoms with Gasteiger partial charge in [-0.05, 0) is 54.2 Å². The molecular formula is C32H40N6O8S. The third kappa shape index (κ3) is 11.8. The number of carboxylic acids is 1. The number of aliphatic carboxylic acids is 1. The molecule has 1 aromatic heterocycles. The predicted octanol–water partition coefficient (Wildman–Crippen LogP) is 0.782. The molecule has 0 unspecified atom stereocenters. The number of carboxylic acid groups (broad SMARTS) is 1. The highest BCUT2D eigenvalue weighted by Gasteiger charge is 2.27. The number of nitrogens with two attached hydrogens (primary N) is 1. The number of nitrogens with zero attached hydrogens (tertiary/aromatic N) is 1. The first-order chi connectivity index (χ1) is 22.3. The van der Waals surface area contributed by atoms with Gasteiger partial charge in [-0.2, -0.15) is 11.8 Å². The lowest BCUT2D eigenvalue weighted by atomic mass is 10.0. The van der Waals surface area contributed by atoms with Crippen molar-refractivity contribution in [1.82, 2.24) is 26.3 Å². The summed E-state index contributed by atoms with van der Waals surface area (Å²) in [5.74, 6) is -3.31. The fraction of sp³-hybridized carbons (Fsp3) is 0.375. The van der Waals surface area contributed by atoms with Gasteiger partial charge >= 0.3 is 5.97 Å². The monoisotopic (exact) mass is 668 g/mol. The zero-order chi connectivity index (χ0) is 34.5. The van der Waals surface area contributed by atoms with Gasteiger partial charge in [-0.15, -0.1) is 0 Å². The van der Waals surface area contributed by atoms with E-state index < -0.39 is 60.8 Å². The molecule has 1 heterocycles. The Kier molecular flexibility index (Phi) is 13.8. The summed E-state index contributed by atoms with van der Waals surface area (Å²) in [6.45, 7) is 2.69. The highest BCUT2D eigenvalue weighted by Crippen LogP contribution is 2.28. The van der Waals surface area contributed by atoms with E-state index in [1.54, 1.807) is 30.5 Å². The van der Waals surface area contributed by atoms with Crippen molar-refractivity contribution in [3.8, 4) is 11.5 Å². The first-order valence-electron chi connectivity index (χ1n) is 14.9. The fourth-order valence-corrected chi connectivity index (χ4v) is 5.60. The third-order valence-corrected chi connectivity index (χ3v) is 8.04. The van der Waals surface area contributed by atoms with Crippen LogP contribution in [0.2, 0.25) is 0 Å². The maximum atomic E-state index is 13.2. The van der Waals surface area contributed by atoms with Crippen molar-refractivity contribution in [2.24, 2.45) is 11.7 Å². The minimum atomic E-state index is -1.20. The van der Waals surface area contributed by atoms with Gasteiger partial charge in [-0.25, -0.2) is 4.79 Å². The Morgan fingerprint density at radius 1 is 0.872 bits per heavy atom. The maximum Gasteiger partial charge on any atom is 0.326 e. The third-order valence-electron chi connectivity index (χ3n) is 6.95. The van der Waals surface area contributed by atoms with Crippen LogP contribution in [0.15, 0.2) is 54.7 Å². The van der Waals surface area contributed by atoms with Crippen LogP contribution in [0.3, 0.4) is 0 Å².